The van der Waals surface area contributed by atoms with Crippen LogP contribution in [-0.2, 0) is 0 Å². The van der Waals surface area contributed by atoms with Crippen molar-refractivity contribution in [2.24, 2.45) is 4.99 Å². The van der Waals surface area contributed by atoms with Crippen molar-refractivity contribution in [3.05, 3.63) is 83.8 Å². The molecule has 0 fully saturated rings. The average molecular weight is 369 g/mol. The van der Waals surface area contributed by atoms with Crippen molar-refractivity contribution in [2.45, 2.75) is 20.8 Å². The van der Waals surface area contributed by atoms with E-state index in [4.69, 9.17) is 4.74 Å². The summed E-state index contributed by atoms with van der Waals surface area (Å²) < 4.78 is 7.81. The third kappa shape index (κ3) is 3.54. The maximum absolute atomic E-state index is 5.56. The van der Waals surface area contributed by atoms with Crippen LogP contribution in [0.4, 0.5) is 5.69 Å². The highest BCUT2D eigenvalue weighted by Crippen LogP contribution is 2.24. The summed E-state index contributed by atoms with van der Waals surface area (Å²) in [7, 11) is 0. The normalized spacial score (nSPS) is 11.4. The van der Waals surface area contributed by atoms with E-state index in [1.54, 1.807) is 0 Å². The number of rotatable bonds is 5. The Balaban J connectivity index is 1.68. The van der Waals surface area contributed by atoms with Gasteiger partial charge in [0, 0.05) is 46.5 Å². The van der Waals surface area contributed by atoms with Gasteiger partial charge in [0.25, 0.3) is 0 Å². The van der Waals surface area contributed by atoms with Gasteiger partial charge in [-0.25, -0.2) is 0 Å². The van der Waals surface area contributed by atoms with Crippen LogP contribution in [0.25, 0.3) is 16.6 Å². The third-order valence-corrected chi connectivity index (χ3v) is 4.80. The Morgan fingerprint density at radius 1 is 1.04 bits per heavy atom. The molecule has 0 saturated carbocycles. The number of fused-ring (bicyclic) bond motifs is 1. The van der Waals surface area contributed by atoms with Crippen molar-refractivity contribution in [3.8, 4) is 11.4 Å². The van der Waals surface area contributed by atoms with E-state index in [1.807, 2.05) is 49.7 Å². The average Bonchev–Trinajstić information content (AvgIpc) is 3.00. The molecule has 0 aliphatic carbocycles. The Labute approximate surface area is 165 Å². The molecule has 28 heavy (non-hydrogen) atoms. The van der Waals surface area contributed by atoms with E-state index in [-0.39, 0.29) is 0 Å². The molecule has 0 saturated heterocycles. The summed E-state index contributed by atoms with van der Waals surface area (Å²) in [6.07, 6.45) is 3.75. The van der Waals surface area contributed by atoms with Gasteiger partial charge < -0.3 is 9.30 Å². The first-order chi connectivity index (χ1) is 13.7. The molecule has 0 bridgehead atoms. The van der Waals surface area contributed by atoms with Crippen molar-refractivity contribution in [3.63, 3.8) is 0 Å². The maximum Gasteiger partial charge on any atom is 0.121 e. The smallest absolute Gasteiger partial charge is 0.121 e. The van der Waals surface area contributed by atoms with E-state index >= 15 is 0 Å². The molecule has 0 aliphatic rings. The molecule has 0 spiro atoms. The van der Waals surface area contributed by atoms with Gasteiger partial charge in [-0.1, -0.05) is 12.1 Å². The van der Waals surface area contributed by atoms with Gasteiger partial charge in [-0.05, 0) is 63.2 Å². The van der Waals surface area contributed by atoms with Crippen LogP contribution >= 0.6 is 0 Å². The van der Waals surface area contributed by atoms with Crippen LogP contribution in [0, 0.1) is 13.8 Å². The van der Waals surface area contributed by atoms with Gasteiger partial charge in [0.1, 0.15) is 5.75 Å². The second-order valence-electron chi connectivity index (χ2n) is 6.73. The van der Waals surface area contributed by atoms with E-state index < -0.39 is 0 Å². The molecule has 140 valence electrons. The molecule has 0 atom stereocenters. The van der Waals surface area contributed by atoms with Crippen LogP contribution in [0.3, 0.4) is 0 Å². The third-order valence-electron chi connectivity index (χ3n) is 4.80. The summed E-state index contributed by atoms with van der Waals surface area (Å²) in [5, 5.41) is 1.13. The van der Waals surface area contributed by atoms with Crippen molar-refractivity contribution >= 4 is 22.8 Å². The van der Waals surface area contributed by atoms with Gasteiger partial charge in [-0.15, -0.1) is 0 Å². The highest BCUT2D eigenvalue weighted by molar-refractivity contribution is 5.85. The molecule has 2 aromatic carbocycles. The molecule has 2 aromatic heterocycles. The van der Waals surface area contributed by atoms with E-state index in [0.717, 1.165) is 39.3 Å². The van der Waals surface area contributed by atoms with Crippen LogP contribution < -0.4 is 4.74 Å². The highest BCUT2D eigenvalue weighted by atomic mass is 16.5. The fourth-order valence-electron chi connectivity index (χ4n) is 3.48. The Morgan fingerprint density at radius 3 is 2.79 bits per heavy atom. The molecule has 0 amide bonds. The summed E-state index contributed by atoms with van der Waals surface area (Å²) in [6, 6.07) is 20.4. The molecular formula is C24H23N3O. The van der Waals surface area contributed by atoms with Crippen molar-refractivity contribution in [2.75, 3.05) is 6.61 Å². The number of ether oxygens (including phenoxy) is 1. The molecular weight excluding hydrogens is 346 g/mol. The molecule has 0 radical (unpaired) electrons. The van der Waals surface area contributed by atoms with Crippen molar-refractivity contribution in [1.82, 2.24) is 9.55 Å². The fourth-order valence-corrected chi connectivity index (χ4v) is 3.48. The van der Waals surface area contributed by atoms with Crippen LogP contribution in [0.5, 0.6) is 5.75 Å². The Hall–Kier alpha value is -3.40. The molecule has 2 heterocycles. The number of aryl methyl sites for hydroxylation is 1. The predicted octanol–water partition coefficient (Wildman–Crippen LogP) is 5.79. The lowest BCUT2D eigenvalue weighted by Gasteiger charge is -2.10. The number of aliphatic imine (C=N–C) groups is 1. The van der Waals surface area contributed by atoms with Gasteiger partial charge in [0.2, 0.25) is 0 Å². The summed E-state index contributed by atoms with van der Waals surface area (Å²) in [6.45, 7) is 6.87. The highest BCUT2D eigenvalue weighted by Gasteiger charge is 2.10. The van der Waals surface area contributed by atoms with Gasteiger partial charge in [0.15, 0.2) is 0 Å². The number of nitrogens with zero attached hydrogens (tertiary/aromatic N) is 3. The molecule has 4 heteroatoms. The number of hydrogen-bond acceptors (Lipinski definition) is 3. The SMILES string of the molecule is CCOc1cccc(N=Cc2cc(C)n(-c3ccc4ncccc4c3)c2C)c1. The predicted molar refractivity (Wildman–Crippen MR) is 115 cm³/mol. The Bertz CT molecular complexity index is 1160. The summed E-state index contributed by atoms with van der Waals surface area (Å²) in [5.41, 5.74) is 6.45. The van der Waals surface area contributed by atoms with Crippen LogP contribution in [0.1, 0.15) is 23.9 Å². The number of aromatic nitrogens is 2. The molecule has 0 aliphatic heterocycles. The first-order valence-corrected chi connectivity index (χ1v) is 9.47. The first kappa shape index (κ1) is 18.0. The molecule has 4 aromatic rings. The van der Waals surface area contributed by atoms with E-state index in [9.17, 15) is 0 Å². The first-order valence-electron chi connectivity index (χ1n) is 9.47. The lowest BCUT2D eigenvalue weighted by atomic mass is 10.2. The minimum absolute atomic E-state index is 0.648. The minimum Gasteiger partial charge on any atom is -0.494 e. The number of hydrogen-bond donors (Lipinski definition) is 0. The molecule has 0 N–H and O–H groups in total. The fraction of sp³-hybridized carbons (Fsp3) is 0.167. The number of benzene rings is 2. The van der Waals surface area contributed by atoms with Gasteiger partial charge in [-0.2, -0.15) is 0 Å². The summed E-state index contributed by atoms with van der Waals surface area (Å²) >= 11 is 0. The second-order valence-corrected chi connectivity index (χ2v) is 6.73. The Kier molecular flexibility index (Phi) is 4.94. The van der Waals surface area contributed by atoms with Gasteiger partial charge >= 0.3 is 0 Å². The van der Waals surface area contributed by atoms with E-state index in [1.165, 1.54) is 5.69 Å². The topological polar surface area (TPSA) is 39.4 Å². The van der Waals surface area contributed by atoms with Crippen molar-refractivity contribution in [1.29, 1.82) is 0 Å². The van der Waals surface area contributed by atoms with E-state index in [2.05, 4.69) is 58.7 Å². The molecule has 4 rings (SSSR count). The minimum atomic E-state index is 0.648. The van der Waals surface area contributed by atoms with Crippen LogP contribution in [0.2, 0.25) is 0 Å². The largest absolute Gasteiger partial charge is 0.494 e. The monoisotopic (exact) mass is 369 g/mol. The van der Waals surface area contributed by atoms with Crippen LogP contribution in [0.15, 0.2) is 71.9 Å². The molecule has 0 unspecified atom stereocenters. The summed E-state index contributed by atoms with van der Waals surface area (Å²) in [4.78, 5) is 9.06. The lowest BCUT2D eigenvalue weighted by molar-refractivity contribution is 0.340. The van der Waals surface area contributed by atoms with Crippen molar-refractivity contribution < 1.29 is 4.74 Å². The zero-order chi connectivity index (χ0) is 19.5. The Morgan fingerprint density at radius 2 is 1.93 bits per heavy atom. The van der Waals surface area contributed by atoms with Gasteiger partial charge in [-0.3, -0.25) is 9.98 Å². The number of pyridine rings is 1. The lowest BCUT2D eigenvalue weighted by Crippen LogP contribution is -1.99. The van der Waals surface area contributed by atoms with Gasteiger partial charge in [0.05, 0.1) is 17.8 Å². The quantitative estimate of drug-likeness (QED) is 0.418. The maximum atomic E-state index is 5.56. The molecule has 4 nitrogen and oxygen atoms in total. The zero-order valence-corrected chi connectivity index (χ0v) is 16.4. The second kappa shape index (κ2) is 7.69. The van der Waals surface area contributed by atoms with Crippen LogP contribution in [-0.4, -0.2) is 22.4 Å². The zero-order valence-electron chi connectivity index (χ0n) is 16.4. The van der Waals surface area contributed by atoms with E-state index in [0.29, 0.717) is 6.61 Å². The summed E-state index contributed by atoms with van der Waals surface area (Å²) in [5.74, 6) is 0.840. The standard InChI is InChI=1S/C24H23N3O/c1-4-28-23-9-5-8-21(15-23)26-16-20-13-17(2)27(18(20)3)22-10-11-24-19(14-22)7-6-12-25-24/h5-16H,4H2,1-3H3.